The molecular formula is C15H15N3O3S2. The number of rotatable bonds is 3. The number of nitrogens with two attached hydrogens (primary N) is 1. The lowest BCUT2D eigenvalue weighted by molar-refractivity contribution is -0.114. The van der Waals surface area contributed by atoms with Crippen LogP contribution >= 0.6 is 11.3 Å². The number of benzene rings is 1. The van der Waals surface area contributed by atoms with E-state index in [1.807, 2.05) is 12.3 Å². The summed E-state index contributed by atoms with van der Waals surface area (Å²) in [6.45, 7) is 2.41. The smallest absolute Gasteiger partial charge is 0.251 e. The molecule has 1 aliphatic heterocycles. The fourth-order valence-electron chi connectivity index (χ4n) is 2.47. The summed E-state index contributed by atoms with van der Waals surface area (Å²) in [5, 5.41) is 7.96. The largest absolute Gasteiger partial charge is 0.308 e. The lowest BCUT2D eigenvalue weighted by atomic mass is 10.2. The Labute approximate surface area is 138 Å². The Balaban J connectivity index is 1.86. The summed E-state index contributed by atoms with van der Waals surface area (Å²) in [6.07, 6.45) is 3.80. The van der Waals surface area contributed by atoms with Crippen LogP contribution < -0.4 is 10.0 Å². The molecular weight excluding hydrogens is 334 g/mol. The molecule has 0 aliphatic carbocycles. The first-order chi connectivity index (χ1) is 10.8. The van der Waals surface area contributed by atoms with E-state index >= 15 is 0 Å². The maximum atomic E-state index is 12.4. The van der Waals surface area contributed by atoms with Gasteiger partial charge in [-0.3, -0.25) is 4.79 Å². The van der Waals surface area contributed by atoms with Gasteiger partial charge in [0.05, 0.1) is 15.6 Å². The zero-order chi connectivity index (χ0) is 16.6. The molecule has 0 unspecified atom stereocenters. The average molecular weight is 349 g/mol. The van der Waals surface area contributed by atoms with Gasteiger partial charge >= 0.3 is 0 Å². The van der Waals surface area contributed by atoms with Crippen LogP contribution in [0.3, 0.4) is 0 Å². The van der Waals surface area contributed by atoms with Crippen molar-refractivity contribution in [3.05, 3.63) is 45.9 Å². The van der Waals surface area contributed by atoms with E-state index < -0.39 is 10.0 Å². The molecule has 8 heteroatoms. The number of thiazole rings is 1. The Kier molecular flexibility index (Phi) is 4.05. The van der Waals surface area contributed by atoms with Crippen LogP contribution in [0.1, 0.15) is 16.3 Å². The minimum atomic E-state index is -3.79. The number of hydrogen-bond donors (Lipinski definition) is 1. The monoisotopic (exact) mass is 349 g/mol. The number of aryl methyl sites for hydroxylation is 1. The molecule has 1 amide bonds. The number of hydrogen-bond acceptors (Lipinski definition) is 5. The highest BCUT2D eigenvalue weighted by atomic mass is 32.2. The molecule has 1 aromatic carbocycles. The summed E-state index contributed by atoms with van der Waals surface area (Å²) in [4.78, 5) is 18.2. The van der Waals surface area contributed by atoms with E-state index in [1.54, 1.807) is 17.0 Å². The topological polar surface area (TPSA) is 93.4 Å². The van der Waals surface area contributed by atoms with E-state index in [1.165, 1.54) is 29.5 Å². The second-order valence-electron chi connectivity index (χ2n) is 5.20. The molecule has 0 saturated heterocycles. The molecule has 2 N–H and O–H groups in total. The van der Waals surface area contributed by atoms with Gasteiger partial charge in [-0.25, -0.2) is 18.5 Å². The number of primary sulfonamides is 1. The van der Waals surface area contributed by atoms with Gasteiger partial charge < -0.3 is 4.90 Å². The molecule has 23 heavy (non-hydrogen) atoms. The third kappa shape index (κ3) is 3.34. The van der Waals surface area contributed by atoms with Gasteiger partial charge in [0.25, 0.3) is 5.91 Å². The number of carbonyl (C=O) groups is 1. The highest BCUT2D eigenvalue weighted by Crippen LogP contribution is 2.30. The lowest BCUT2D eigenvalue weighted by Gasteiger charge is -2.15. The minimum Gasteiger partial charge on any atom is -0.308 e. The summed E-state index contributed by atoms with van der Waals surface area (Å²) in [7, 11) is -3.79. The molecule has 0 saturated carbocycles. The molecule has 2 heterocycles. The third-order valence-electron chi connectivity index (χ3n) is 3.58. The van der Waals surface area contributed by atoms with Crippen LogP contribution in [-0.2, 0) is 21.2 Å². The van der Waals surface area contributed by atoms with E-state index in [9.17, 15) is 13.2 Å². The first-order valence-corrected chi connectivity index (χ1v) is 9.34. The highest BCUT2D eigenvalue weighted by Gasteiger charge is 2.25. The summed E-state index contributed by atoms with van der Waals surface area (Å²) in [5.41, 5.74) is 2.27. The van der Waals surface area contributed by atoms with Crippen LogP contribution in [-0.4, -0.2) is 25.9 Å². The van der Waals surface area contributed by atoms with Gasteiger partial charge in [-0.1, -0.05) is 6.07 Å². The van der Waals surface area contributed by atoms with Gasteiger partial charge in [-0.05, 0) is 37.1 Å². The zero-order valence-electron chi connectivity index (χ0n) is 12.4. The van der Waals surface area contributed by atoms with E-state index in [-0.39, 0.29) is 10.8 Å². The van der Waals surface area contributed by atoms with Crippen LogP contribution in [0, 0.1) is 6.92 Å². The molecule has 0 fully saturated rings. The third-order valence-corrected chi connectivity index (χ3v) is 5.28. The molecule has 6 nitrogen and oxygen atoms in total. The van der Waals surface area contributed by atoms with Crippen molar-refractivity contribution >= 4 is 39.0 Å². The van der Waals surface area contributed by atoms with E-state index in [0.29, 0.717) is 18.7 Å². The highest BCUT2D eigenvalue weighted by molar-refractivity contribution is 7.89. The SMILES string of the molecule is Cc1nc(/C=C\C(=O)N2CCc3ccc(S(N)(=O)=O)cc32)cs1. The van der Waals surface area contributed by atoms with Gasteiger partial charge in [0.15, 0.2) is 0 Å². The van der Waals surface area contributed by atoms with Crippen LogP contribution in [0.2, 0.25) is 0 Å². The average Bonchev–Trinajstić information content (AvgIpc) is 3.09. The van der Waals surface area contributed by atoms with Crippen LogP contribution in [0.25, 0.3) is 6.08 Å². The predicted octanol–water partition coefficient (Wildman–Crippen LogP) is 1.70. The number of amides is 1. The molecule has 3 rings (SSSR count). The van der Waals surface area contributed by atoms with E-state index in [4.69, 9.17) is 5.14 Å². The Morgan fingerprint density at radius 3 is 2.87 bits per heavy atom. The van der Waals surface area contributed by atoms with Crippen molar-refractivity contribution in [2.75, 3.05) is 11.4 Å². The fraction of sp³-hybridized carbons (Fsp3) is 0.200. The molecule has 0 radical (unpaired) electrons. The summed E-state index contributed by atoms with van der Waals surface area (Å²) < 4.78 is 23.0. The standard InChI is InChI=1S/C15H15N3O3S2/c1-10-17-12(9-22-10)3-5-15(19)18-7-6-11-2-4-13(8-14(11)18)23(16,20)21/h2-5,8-9H,6-7H2,1H3,(H2,16,20,21)/b5-3-. The van der Waals surface area contributed by atoms with Crippen LogP contribution in [0.4, 0.5) is 5.69 Å². The van der Waals surface area contributed by atoms with Gasteiger partial charge in [0.1, 0.15) is 0 Å². The van der Waals surface area contributed by atoms with Crippen molar-refractivity contribution in [3.8, 4) is 0 Å². The predicted molar refractivity (Wildman–Crippen MR) is 89.8 cm³/mol. The quantitative estimate of drug-likeness (QED) is 0.854. The Morgan fingerprint density at radius 1 is 1.43 bits per heavy atom. The van der Waals surface area contributed by atoms with Crippen molar-refractivity contribution in [2.24, 2.45) is 5.14 Å². The van der Waals surface area contributed by atoms with Crippen LogP contribution in [0.15, 0.2) is 34.6 Å². The van der Waals surface area contributed by atoms with E-state index in [2.05, 4.69) is 4.98 Å². The first kappa shape index (κ1) is 15.9. The second-order valence-corrected chi connectivity index (χ2v) is 7.82. The molecule has 0 atom stereocenters. The summed E-state index contributed by atoms with van der Waals surface area (Å²) in [5.74, 6) is -0.207. The molecule has 0 bridgehead atoms. The van der Waals surface area contributed by atoms with Gasteiger partial charge in [0, 0.05) is 23.7 Å². The van der Waals surface area contributed by atoms with Gasteiger partial charge in [-0.15, -0.1) is 11.3 Å². The molecule has 1 aliphatic rings. The fourth-order valence-corrected chi connectivity index (χ4v) is 3.58. The normalized spacial score (nSPS) is 14.4. The number of fused-ring (bicyclic) bond motifs is 1. The molecule has 2 aromatic rings. The second kappa shape index (κ2) is 5.88. The lowest BCUT2D eigenvalue weighted by Crippen LogP contribution is -2.27. The van der Waals surface area contributed by atoms with Crippen molar-refractivity contribution < 1.29 is 13.2 Å². The maximum Gasteiger partial charge on any atom is 0.251 e. The number of sulfonamides is 1. The number of anilines is 1. The zero-order valence-corrected chi connectivity index (χ0v) is 14.0. The van der Waals surface area contributed by atoms with Crippen molar-refractivity contribution in [1.82, 2.24) is 4.98 Å². The molecule has 1 aromatic heterocycles. The van der Waals surface area contributed by atoms with Crippen molar-refractivity contribution in [1.29, 1.82) is 0 Å². The number of aromatic nitrogens is 1. The molecule has 120 valence electrons. The van der Waals surface area contributed by atoms with Crippen LogP contribution in [0.5, 0.6) is 0 Å². The van der Waals surface area contributed by atoms with Gasteiger partial charge in [-0.2, -0.15) is 0 Å². The van der Waals surface area contributed by atoms with Crippen molar-refractivity contribution in [2.45, 2.75) is 18.2 Å². The summed E-state index contributed by atoms with van der Waals surface area (Å²) >= 11 is 1.51. The maximum absolute atomic E-state index is 12.4. The first-order valence-electron chi connectivity index (χ1n) is 6.92. The minimum absolute atomic E-state index is 0.00931. The van der Waals surface area contributed by atoms with Gasteiger partial charge in [0.2, 0.25) is 10.0 Å². The summed E-state index contributed by atoms with van der Waals surface area (Å²) in [6, 6.07) is 4.63. The Hall–Kier alpha value is -2.03. The number of nitrogens with zero attached hydrogens (tertiary/aromatic N) is 2. The number of carbonyl (C=O) groups excluding carboxylic acids is 1. The molecule has 0 spiro atoms. The Bertz CT molecular complexity index is 900. The Morgan fingerprint density at radius 2 is 2.22 bits per heavy atom. The van der Waals surface area contributed by atoms with Crippen molar-refractivity contribution in [3.63, 3.8) is 0 Å². The van der Waals surface area contributed by atoms with E-state index in [0.717, 1.165) is 16.3 Å².